The summed E-state index contributed by atoms with van der Waals surface area (Å²) in [6.07, 6.45) is 4.43. The Bertz CT molecular complexity index is 566. The van der Waals surface area contributed by atoms with Gasteiger partial charge in [-0.15, -0.1) is 0 Å². The van der Waals surface area contributed by atoms with Crippen molar-refractivity contribution in [3.05, 3.63) is 18.0 Å². The molecule has 0 N–H and O–H groups in total. The third-order valence-corrected chi connectivity index (χ3v) is 3.48. The predicted molar refractivity (Wildman–Crippen MR) is 78.7 cm³/mol. The third-order valence-electron chi connectivity index (χ3n) is 3.48. The maximum atomic E-state index is 12.0. The van der Waals surface area contributed by atoms with Gasteiger partial charge in [0.25, 0.3) is 0 Å². The van der Waals surface area contributed by atoms with Crippen LogP contribution in [0.15, 0.2) is 12.4 Å². The normalized spacial score (nSPS) is 16.4. The van der Waals surface area contributed by atoms with Gasteiger partial charge in [0.2, 0.25) is 5.78 Å². The number of rotatable bonds is 3. The van der Waals surface area contributed by atoms with E-state index in [2.05, 4.69) is 5.10 Å². The molecule has 22 heavy (non-hydrogen) atoms. The zero-order valence-electron chi connectivity index (χ0n) is 13.1. The van der Waals surface area contributed by atoms with Gasteiger partial charge in [0.15, 0.2) is 6.29 Å². The molecule has 1 aliphatic heterocycles. The SMILES string of the molecule is CC(C)(C)OC(=O)N1CCC(n2cc(C(=O)C=O)cn2)CC1. The van der Waals surface area contributed by atoms with Crippen molar-refractivity contribution in [2.75, 3.05) is 13.1 Å². The average molecular weight is 307 g/mol. The molecule has 1 amide bonds. The van der Waals surface area contributed by atoms with E-state index in [1.807, 2.05) is 20.8 Å². The lowest BCUT2D eigenvalue weighted by Crippen LogP contribution is -2.42. The number of ether oxygens (including phenoxy) is 1. The Hall–Kier alpha value is -2.18. The van der Waals surface area contributed by atoms with Gasteiger partial charge in [-0.25, -0.2) is 4.79 Å². The van der Waals surface area contributed by atoms with Crippen molar-refractivity contribution in [3.63, 3.8) is 0 Å². The van der Waals surface area contributed by atoms with Crippen LogP contribution >= 0.6 is 0 Å². The third kappa shape index (κ3) is 3.93. The van der Waals surface area contributed by atoms with E-state index < -0.39 is 11.4 Å². The molecule has 7 heteroatoms. The van der Waals surface area contributed by atoms with E-state index in [-0.39, 0.29) is 18.4 Å². The van der Waals surface area contributed by atoms with Gasteiger partial charge < -0.3 is 9.64 Å². The topological polar surface area (TPSA) is 81.5 Å². The lowest BCUT2D eigenvalue weighted by atomic mass is 10.1. The fourth-order valence-electron chi connectivity index (χ4n) is 2.37. The summed E-state index contributed by atoms with van der Waals surface area (Å²) in [6.45, 7) is 6.68. The number of nitrogens with zero attached hydrogens (tertiary/aromatic N) is 3. The van der Waals surface area contributed by atoms with Gasteiger partial charge in [0.05, 0.1) is 17.8 Å². The number of carbonyl (C=O) groups is 3. The number of carbonyl (C=O) groups excluding carboxylic acids is 3. The minimum absolute atomic E-state index is 0.117. The van der Waals surface area contributed by atoms with Crippen LogP contribution in [0.5, 0.6) is 0 Å². The molecule has 1 saturated heterocycles. The lowest BCUT2D eigenvalue weighted by Gasteiger charge is -2.33. The van der Waals surface area contributed by atoms with Crippen molar-refractivity contribution in [2.45, 2.75) is 45.3 Å². The van der Waals surface area contributed by atoms with E-state index in [1.54, 1.807) is 15.8 Å². The van der Waals surface area contributed by atoms with Crippen molar-refractivity contribution in [1.82, 2.24) is 14.7 Å². The molecule has 0 saturated carbocycles. The molecule has 2 heterocycles. The monoisotopic (exact) mass is 307 g/mol. The number of hydrogen-bond donors (Lipinski definition) is 0. The molecule has 0 unspecified atom stereocenters. The van der Waals surface area contributed by atoms with Crippen LogP contribution in [0.2, 0.25) is 0 Å². The van der Waals surface area contributed by atoms with E-state index in [1.165, 1.54) is 6.20 Å². The van der Waals surface area contributed by atoms with Crippen molar-refractivity contribution >= 4 is 18.2 Å². The quantitative estimate of drug-likeness (QED) is 0.483. The summed E-state index contributed by atoms with van der Waals surface area (Å²) in [4.78, 5) is 35.4. The van der Waals surface area contributed by atoms with Crippen molar-refractivity contribution < 1.29 is 19.1 Å². The number of likely N-dealkylation sites (tertiary alicyclic amines) is 1. The smallest absolute Gasteiger partial charge is 0.410 e. The Morgan fingerprint density at radius 1 is 1.32 bits per heavy atom. The van der Waals surface area contributed by atoms with Gasteiger partial charge in [-0.3, -0.25) is 14.3 Å². The van der Waals surface area contributed by atoms with Gasteiger partial charge in [-0.05, 0) is 33.6 Å². The Labute approximate surface area is 129 Å². The van der Waals surface area contributed by atoms with E-state index in [9.17, 15) is 14.4 Å². The minimum atomic E-state index is -0.572. The van der Waals surface area contributed by atoms with Crippen LogP contribution in [-0.2, 0) is 9.53 Å². The zero-order valence-corrected chi connectivity index (χ0v) is 13.1. The van der Waals surface area contributed by atoms with Gasteiger partial charge in [0.1, 0.15) is 5.60 Å². The highest BCUT2D eigenvalue weighted by Gasteiger charge is 2.28. The van der Waals surface area contributed by atoms with E-state index in [4.69, 9.17) is 4.74 Å². The summed E-state index contributed by atoms with van der Waals surface area (Å²) >= 11 is 0. The second-order valence-electron chi connectivity index (χ2n) is 6.39. The highest BCUT2D eigenvalue weighted by molar-refractivity contribution is 6.33. The minimum Gasteiger partial charge on any atom is -0.444 e. The van der Waals surface area contributed by atoms with Gasteiger partial charge in [0, 0.05) is 19.3 Å². The van der Waals surface area contributed by atoms with Crippen LogP contribution < -0.4 is 0 Å². The maximum absolute atomic E-state index is 12.0. The summed E-state index contributed by atoms with van der Waals surface area (Å²) in [7, 11) is 0. The predicted octanol–water partition coefficient (Wildman–Crippen LogP) is 1.84. The van der Waals surface area contributed by atoms with Crippen LogP contribution in [0.4, 0.5) is 4.79 Å². The summed E-state index contributed by atoms with van der Waals surface area (Å²) < 4.78 is 7.05. The first kappa shape index (κ1) is 16.2. The Morgan fingerprint density at radius 2 is 1.95 bits per heavy atom. The number of aldehydes is 1. The number of piperidine rings is 1. The first-order valence-electron chi connectivity index (χ1n) is 7.32. The molecular formula is C15H21N3O4. The molecule has 2 rings (SSSR count). The van der Waals surface area contributed by atoms with Crippen LogP contribution in [0.3, 0.4) is 0 Å². The van der Waals surface area contributed by atoms with Gasteiger partial charge in [-0.2, -0.15) is 5.10 Å². The number of ketones is 1. The largest absolute Gasteiger partial charge is 0.444 e. The first-order valence-corrected chi connectivity index (χ1v) is 7.32. The molecular weight excluding hydrogens is 286 g/mol. The Kier molecular flexibility index (Phi) is 4.63. The standard InChI is InChI=1S/C15H21N3O4/c1-15(2,3)22-14(21)17-6-4-12(5-7-17)18-9-11(8-16-18)13(20)10-19/h8-10,12H,4-7H2,1-3H3. The second-order valence-corrected chi connectivity index (χ2v) is 6.39. The molecule has 7 nitrogen and oxygen atoms in total. The highest BCUT2D eigenvalue weighted by atomic mass is 16.6. The number of amides is 1. The molecule has 1 fully saturated rings. The van der Waals surface area contributed by atoms with Crippen molar-refractivity contribution in [3.8, 4) is 0 Å². The number of aromatic nitrogens is 2. The fraction of sp³-hybridized carbons (Fsp3) is 0.600. The average Bonchev–Trinajstić information content (AvgIpc) is 2.94. The summed E-state index contributed by atoms with van der Waals surface area (Å²) in [5, 5.41) is 4.14. The molecule has 120 valence electrons. The van der Waals surface area contributed by atoms with E-state index in [0.717, 1.165) is 12.8 Å². The van der Waals surface area contributed by atoms with Crippen LogP contribution in [0, 0.1) is 0 Å². The highest BCUT2D eigenvalue weighted by Crippen LogP contribution is 2.23. The molecule has 0 bridgehead atoms. The van der Waals surface area contributed by atoms with E-state index >= 15 is 0 Å². The maximum Gasteiger partial charge on any atom is 0.410 e. The Balaban J connectivity index is 1.92. The number of Topliss-reactive ketones (excluding diaryl/α,β-unsaturated/α-hetero) is 1. The summed E-state index contributed by atoms with van der Waals surface area (Å²) in [5.41, 5.74) is -0.204. The van der Waals surface area contributed by atoms with Crippen molar-refractivity contribution in [1.29, 1.82) is 0 Å². The van der Waals surface area contributed by atoms with Crippen molar-refractivity contribution in [2.24, 2.45) is 0 Å². The molecule has 0 aromatic carbocycles. The zero-order chi connectivity index (χ0) is 16.3. The molecule has 0 aliphatic carbocycles. The molecule has 0 spiro atoms. The molecule has 0 atom stereocenters. The van der Waals surface area contributed by atoms with E-state index in [0.29, 0.717) is 18.7 Å². The van der Waals surface area contributed by atoms with Crippen LogP contribution in [0.25, 0.3) is 0 Å². The molecule has 1 aromatic rings. The Morgan fingerprint density at radius 3 is 2.50 bits per heavy atom. The van der Waals surface area contributed by atoms with Crippen LogP contribution in [0.1, 0.15) is 50.0 Å². The molecule has 0 radical (unpaired) electrons. The molecule has 1 aromatic heterocycles. The molecule has 1 aliphatic rings. The van der Waals surface area contributed by atoms with Gasteiger partial charge >= 0.3 is 6.09 Å². The van der Waals surface area contributed by atoms with Crippen LogP contribution in [-0.4, -0.2) is 51.5 Å². The fourth-order valence-corrected chi connectivity index (χ4v) is 2.37. The second kappa shape index (κ2) is 6.29. The lowest BCUT2D eigenvalue weighted by molar-refractivity contribution is -0.104. The summed E-state index contributed by atoms with van der Waals surface area (Å²) in [5.74, 6) is -0.572. The first-order chi connectivity index (χ1) is 10.3. The van der Waals surface area contributed by atoms with Gasteiger partial charge in [-0.1, -0.05) is 0 Å². The number of hydrogen-bond acceptors (Lipinski definition) is 5. The summed E-state index contributed by atoms with van der Waals surface area (Å²) in [6, 6.07) is 0.117.